The Morgan fingerprint density at radius 3 is 2.24 bits per heavy atom. The highest BCUT2D eigenvalue weighted by Gasteiger charge is 2.08. The van der Waals surface area contributed by atoms with Crippen LogP contribution in [0.2, 0.25) is 0 Å². The van der Waals surface area contributed by atoms with Gasteiger partial charge in [-0.25, -0.2) is 0 Å². The van der Waals surface area contributed by atoms with E-state index >= 15 is 0 Å². The molecule has 0 spiro atoms. The first-order chi connectivity index (χ1) is 8.04. The van der Waals surface area contributed by atoms with E-state index in [0.29, 0.717) is 5.92 Å². The van der Waals surface area contributed by atoms with Crippen molar-refractivity contribution in [3.8, 4) is 0 Å². The van der Waals surface area contributed by atoms with Gasteiger partial charge in [0.15, 0.2) is 0 Å². The van der Waals surface area contributed by atoms with E-state index in [9.17, 15) is 0 Å². The van der Waals surface area contributed by atoms with Crippen LogP contribution < -0.4 is 5.32 Å². The van der Waals surface area contributed by atoms with Crippen LogP contribution in [-0.2, 0) is 6.42 Å². The zero-order chi connectivity index (χ0) is 12.8. The summed E-state index contributed by atoms with van der Waals surface area (Å²) in [7, 11) is 0. The van der Waals surface area contributed by atoms with Crippen LogP contribution in [0.3, 0.4) is 0 Å². The van der Waals surface area contributed by atoms with Crippen LogP contribution >= 0.6 is 0 Å². The number of aryl methyl sites for hydroxylation is 3. The molecule has 1 nitrogen and oxygen atoms in total. The molecule has 1 unspecified atom stereocenters. The SMILES string of the molecule is CCCNCC(C)Cc1c(C)cc(C)cc1C. The Labute approximate surface area is 107 Å². The molecule has 1 heteroatoms. The van der Waals surface area contributed by atoms with Crippen LogP contribution in [-0.4, -0.2) is 13.1 Å². The zero-order valence-corrected chi connectivity index (χ0v) is 12.1. The van der Waals surface area contributed by atoms with Gasteiger partial charge in [0.05, 0.1) is 0 Å². The molecule has 0 fully saturated rings. The van der Waals surface area contributed by atoms with Gasteiger partial charge in [-0.15, -0.1) is 0 Å². The number of nitrogens with one attached hydrogen (secondary N) is 1. The Hall–Kier alpha value is -0.820. The Bertz CT molecular complexity index is 332. The van der Waals surface area contributed by atoms with E-state index in [-0.39, 0.29) is 0 Å². The van der Waals surface area contributed by atoms with Gasteiger partial charge in [0, 0.05) is 0 Å². The van der Waals surface area contributed by atoms with Gasteiger partial charge in [0.2, 0.25) is 0 Å². The van der Waals surface area contributed by atoms with Crippen LogP contribution in [0.15, 0.2) is 12.1 Å². The second-order valence-corrected chi connectivity index (χ2v) is 5.39. The smallest absolute Gasteiger partial charge is 0.00200 e. The maximum Gasteiger partial charge on any atom is -0.00200 e. The summed E-state index contributed by atoms with van der Waals surface area (Å²) in [6.45, 7) is 13.5. The van der Waals surface area contributed by atoms with Gasteiger partial charge < -0.3 is 5.32 Å². The second kappa shape index (κ2) is 6.80. The number of benzene rings is 1. The lowest BCUT2D eigenvalue weighted by Crippen LogP contribution is -2.23. The van der Waals surface area contributed by atoms with Gasteiger partial charge >= 0.3 is 0 Å². The summed E-state index contributed by atoms with van der Waals surface area (Å²) in [6, 6.07) is 4.60. The fraction of sp³-hybridized carbons (Fsp3) is 0.625. The molecule has 0 saturated carbocycles. The summed E-state index contributed by atoms with van der Waals surface area (Å²) in [5.41, 5.74) is 5.82. The van der Waals surface area contributed by atoms with Crippen LogP contribution in [0, 0.1) is 26.7 Å². The fourth-order valence-corrected chi connectivity index (χ4v) is 2.48. The lowest BCUT2D eigenvalue weighted by molar-refractivity contribution is 0.509. The monoisotopic (exact) mass is 233 g/mol. The van der Waals surface area contributed by atoms with Crippen molar-refractivity contribution in [3.05, 3.63) is 34.4 Å². The molecular weight excluding hydrogens is 206 g/mol. The normalized spacial score (nSPS) is 12.8. The van der Waals surface area contributed by atoms with E-state index in [4.69, 9.17) is 0 Å². The van der Waals surface area contributed by atoms with Crippen molar-refractivity contribution in [1.29, 1.82) is 0 Å². The maximum atomic E-state index is 3.51. The van der Waals surface area contributed by atoms with Crippen LogP contribution in [0.4, 0.5) is 0 Å². The molecule has 17 heavy (non-hydrogen) atoms. The summed E-state index contributed by atoms with van der Waals surface area (Å²) in [6.07, 6.45) is 2.41. The quantitative estimate of drug-likeness (QED) is 0.737. The summed E-state index contributed by atoms with van der Waals surface area (Å²) in [5, 5.41) is 3.51. The average molecular weight is 233 g/mol. The molecule has 1 atom stereocenters. The number of hydrogen-bond donors (Lipinski definition) is 1. The molecule has 1 rings (SSSR count). The van der Waals surface area contributed by atoms with Crippen LogP contribution in [0.5, 0.6) is 0 Å². The Morgan fingerprint density at radius 2 is 1.71 bits per heavy atom. The molecule has 0 saturated heterocycles. The third-order valence-corrected chi connectivity index (χ3v) is 3.31. The lowest BCUT2D eigenvalue weighted by Gasteiger charge is -2.17. The number of hydrogen-bond acceptors (Lipinski definition) is 1. The van der Waals surface area contributed by atoms with Crippen molar-refractivity contribution in [2.24, 2.45) is 5.92 Å². The summed E-state index contributed by atoms with van der Waals surface area (Å²) >= 11 is 0. The molecule has 0 aliphatic carbocycles. The second-order valence-electron chi connectivity index (χ2n) is 5.39. The molecule has 0 heterocycles. The molecule has 0 amide bonds. The predicted molar refractivity (Wildman–Crippen MR) is 76.7 cm³/mol. The molecule has 1 N–H and O–H groups in total. The molecule has 1 aromatic carbocycles. The van der Waals surface area contributed by atoms with Crippen molar-refractivity contribution < 1.29 is 0 Å². The Morgan fingerprint density at radius 1 is 1.12 bits per heavy atom. The van der Waals surface area contributed by atoms with Crippen LogP contribution in [0.25, 0.3) is 0 Å². The van der Waals surface area contributed by atoms with Gasteiger partial charge in [0.25, 0.3) is 0 Å². The summed E-state index contributed by atoms with van der Waals surface area (Å²) < 4.78 is 0. The molecular formula is C16H27N. The van der Waals surface area contributed by atoms with Gasteiger partial charge in [-0.05, 0) is 69.3 Å². The van der Waals surface area contributed by atoms with Crippen molar-refractivity contribution in [2.45, 2.75) is 47.5 Å². The predicted octanol–water partition coefficient (Wildman–Crippen LogP) is 3.79. The largest absolute Gasteiger partial charge is 0.316 e. The van der Waals surface area contributed by atoms with E-state index < -0.39 is 0 Å². The first-order valence-electron chi connectivity index (χ1n) is 6.82. The van der Waals surface area contributed by atoms with Crippen molar-refractivity contribution in [2.75, 3.05) is 13.1 Å². The Kier molecular flexibility index (Phi) is 5.70. The average Bonchev–Trinajstić information content (AvgIpc) is 2.24. The van der Waals surface area contributed by atoms with Gasteiger partial charge in [-0.2, -0.15) is 0 Å². The lowest BCUT2D eigenvalue weighted by atomic mass is 9.92. The minimum atomic E-state index is 0.710. The fourth-order valence-electron chi connectivity index (χ4n) is 2.48. The molecule has 0 aromatic heterocycles. The topological polar surface area (TPSA) is 12.0 Å². The molecule has 0 bridgehead atoms. The maximum absolute atomic E-state index is 3.51. The van der Waals surface area contributed by atoms with Gasteiger partial charge in [-0.3, -0.25) is 0 Å². The van der Waals surface area contributed by atoms with E-state index in [1.54, 1.807) is 5.56 Å². The summed E-state index contributed by atoms with van der Waals surface area (Å²) in [4.78, 5) is 0. The first kappa shape index (κ1) is 14.2. The minimum absolute atomic E-state index is 0.710. The molecule has 96 valence electrons. The van der Waals surface area contributed by atoms with Crippen LogP contribution in [0.1, 0.15) is 42.5 Å². The van der Waals surface area contributed by atoms with E-state index in [0.717, 1.165) is 13.1 Å². The highest BCUT2D eigenvalue weighted by molar-refractivity contribution is 5.37. The van der Waals surface area contributed by atoms with E-state index in [1.807, 2.05) is 0 Å². The van der Waals surface area contributed by atoms with Crippen molar-refractivity contribution in [1.82, 2.24) is 5.32 Å². The van der Waals surface area contributed by atoms with Crippen molar-refractivity contribution in [3.63, 3.8) is 0 Å². The van der Waals surface area contributed by atoms with Gasteiger partial charge in [-0.1, -0.05) is 31.5 Å². The van der Waals surface area contributed by atoms with Crippen molar-refractivity contribution >= 4 is 0 Å². The minimum Gasteiger partial charge on any atom is -0.316 e. The third kappa shape index (κ3) is 4.51. The van der Waals surface area contributed by atoms with Gasteiger partial charge in [0.1, 0.15) is 0 Å². The highest BCUT2D eigenvalue weighted by Crippen LogP contribution is 2.19. The van der Waals surface area contributed by atoms with E-state index in [1.165, 1.54) is 29.5 Å². The first-order valence-corrected chi connectivity index (χ1v) is 6.82. The zero-order valence-electron chi connectivity index (χ0n) is 12.1. The molecule has 1 aromatic rings. The van der Waals surface area contributed by atoms with E-state index in [2.05, 4.69) is 52.1 Å². The Balaban J connectivity index is 2.61. The molecule has 0 aliphatic rings. The summed E-state index contributed by atoms with van der Waals surface area (Å²) in [5.74, 6) is 0.710. The standard InChI is InChI=1S/C16H27N/c1-6-7-17-11-13(3)10-16-14(4)8-12(2)9-15(16)5/h8-9,13,17H,6-7,10-11H2,1-5H3. The molecule has 0 radical (unpaired) electrons. The number of rotatable bonds is 6. The highest BCUT2D eigenvalue weighted by atomic mass is 14.8. The third-order valence-electron chi connectivity index (χ3n) is 3.31. The molecule has 0 aliphatic heterocycles.